The summed E-state index contributed by atoms with van der Waals surface area (Å²) in [5, 5.41) is 11.8. The largest absolute Gasteiger partial charge is 0.456 e. The number of fused-ring (bicyclic) bond motifs is 16. The third kappa shape index (κ3) is 6.71. The van der Waals surface area contributed by atoms with Crippen LogP contribution < -0.4 is 0 Å². The summed E-state index contributed by atoms with van der Waals surface area (Å²) in [5.74, 6) is 0.859. The van der Waals surface area contributed by atoms with Gasteiger partial charge < -0.3 is 18.1 Å². The standard InChI is InChI=1S/C75H51N5O/c1-75(2,3)48-34-36-51(37-35-48)77-66-40-32-46(52-25-16-26-56-58-39-38-57-53-22-10-13-28-64(53)78(49-18-6-4-7-19-49)73(57)74(58)79(72(52)56)50-20-8-5-9-21-50)42-59(66)61-44-60-54-23-11-14-29-65(54)80(68(60)45-67(61)77)71-31-17-27-63(76-71)47-33-41-70-62(43-47)55-24-12-15-30-69(55)81-70/h4-45H,1-3H3. The topological polar surface area (TPSA) is 45.8 Å². The van der Waals surface area contributed by atoms with E-state index in [0.717, 1.165) is 83.7 Å². The van der Waals surface area contributed by atoms with Crippen LogP contribution in [0.3, 0.4) is 0 Å². The maximum absolute atomic E-state index is 6.23. The average molecular weight is 1040 g/mol. The van der Waals surface area contributed by atoms with Crippen LogP contribution in [0.2, 0.25) is 0 Å². The molecule has 382 valence electrons. The van der Waals surface area contributed by atoms with Crippen molar-refractivity contribution < 1.29 is 4.42 Å². The second-order valence-corrected chi connectivity index (χ2v) is 22.7. The Morgan fingerprint density at radius 2 is 0.840 bits per heavy atom. The molecule has 0 aliphatic carbocycles. The Bertz CT molecular complexity index is 5430. The molecule has 6 heterocycles. The van der Waals surface area contributed by atoms with Crippen LogP contribution in [0.25, 0.3) is 154 Å². The Kier molecular flexibility index (Phi) is 9.59. The summed E-state index contributed by atoms with van der Waals surface area (Å²) in [7, 11) is 0. The molecule has 0 aliphatic rings. The van der Waals surface area contributed by atoms with E-state index in [0.29, 0.717) is 0 Å². The lowest BCUT2D eigenvalue weighted by Crippen LogP contribution is -2.10. The fraction of sp³-hybridized carbons (Fsp3) is 0.0533. The van der Waals surface area contributed by atoms with Crippen molar-refractivity contribution in [3.05, 3.63) is 260 Å². The minimum absolute atomic E-state index is 0.00802. The van der Waals surface area contributed by atoms with E-state index in [9.17, 15) is 0 Å². The molecule has 0 amide bonds. The smallest absolute Gasteiger partial charge is 0.138 e. The lowest BCUT2D eigenvalue weighted by molar-refractivity contribution is 0.590. The van der Waals surface area contributed by atoms with Gasteiger partial charge in [-0.2, -0.15) is 0 Å². The molecule has 17 aromatic rings. The third-order valence-corrected chi connectivity index (χ3v) is 17.1. The molecule has 6 aromatic heterocycles. The van der Waals surface area contributed by atoms with Gasteiger partial charge in [0, 0.05) is 82.1 Å². The Morgan fingerprint density at radius 3 is 1.60 bits per heavy atom. The molecular formula is C75H51N5O. The summed E-state index contributed by atoms with van der Waals surface area (Å²) >= 11 is 0. The Hall–Kier alpha value is -10.4. The number of furan rings is 1. The molecule has 0 radical (unpaired) electrons. The highest BCUT2D eigenvalue weighted by atomic mass is 16.3. The Morgan fingerprint density at radius 1 is 0.309 bits per heavy atom. The summed E-state index contributed by atoms with van der Waals surface area (Å²) in [4.78, 5) is 5.48. The Balaban J connectivity index is 0.924. The summed E-state index contributed by atoms with van der Waals surface area (Å²) in [6.07, 6.45) is 0. The predicted octanol–water partition coefficient (Wildman–Crippen LogP) is 20.0. The van der Waals surface area contributed by atoms with Gasteiger partial charge in [0.15, 0.2) is 0 Å². The SMILES string of the molecule is CC(C)(C)c1ccc(-n2c3ccc(-c4cccc5c6ccc7c8ccccc8n(-c8ccccc8)c7c6n(-c6ccccc6)c45)cc3c3cc4c5ccccc5n(-c5cccc(-c6ccc7oc8ccccc8c7c6)n5)c4cc32)cc1. The molecular weight excluding hydrogens is 987 g/mol. The third-order valence-electron chi connectivity index (χ3n) is 17.1. The molecule has 0 aliphatic heterocycles. The average Bonchev–Trinajstić information content (AvgIpc) is 4.40. The molecule has 0 spiro atoms. The number of rotatable bonds is 6. The van der Waals surface area contributed by atoms with E-state index in [1.165, 1.54) is 76.3 Å². The number of benzene rings is 11. The van der Waals surface area contributed by atoms with Crippen molar-refractivity contribution in [2.75, 3.05) is 0 Å². The predicted molar refractivity (Wildman–Crippen MR) is 338 cm³/mol. The second-order valence-electron chi connectivity index (χ2n) is 22.7. The maximum Gasteiger partial charge on any atom is 0.138 e. The minimum atomic E-state index is 0.00802. The van der Waals surface area contributed by atoms with Crippen LogP contribution >= 0.6 is 0 Å². The van der Waals surface area contributed by atoms with Crippen LogP contribution in [-0.2, 0) is 5.41 Å². The van der Waals surface area contributed by atoms with Crippen LogP contribution in [-0.4, -0.2) is 23.3 Å². The van der Waals surface area contributed by atoms with Gasteiger partial charge in [0.25, 0.3) is 0 Å². The first-order valence-corrected chi connectivity index (χ1v) is 27.9. The van der Waals surface area contributed by atoms with E-state index in [4.69, 9.17) is 9.40 Å². The van der Waals surface area contributed by atoms with Crippen LogP contribution in [0.15, 0.2) is 259 Å². The highest BCUT2D eigenvalue weighted by Crippen LogP contribution is 2.47. The van der Waals surface area contributed by atoms with Crippen LogP contribution in [0.1, 0.15) is 26.3 Å². The van der Waals surface area contributed by atoms with E-state index >= 15 is 0 Å². The summed E-state index contributed by atoms with van der Waals surface area (Å²) in [6.45, 7) is 6.84. The normalized spacial score (nSPS) is 12.4. The molecule has 6 nitrogen and oxygen atoms in total. The molecule has 0 unspecified atom stereocenters. The summed E-state index contributed by atoms with van der Waals surface area (Å²) in [6, 6.07) is 93.1. The number of hydrogen-bond donors (Lipinski definition) is 0. The molecule has 0 bridgehead atoms. The Labute approximate surface area is 466 Å². The van der Waals surface area contributed by atoms with Crippen molar-refractivity contribution in [1.82, 2.24) is 23.3 Å². The number of nitrogens with zero attached hydrogens (tertiary/aromatic N) is 5. The van der Waals surface area contributed by atoms with Gasteiger partial charge in [0.1, 0.15) is 17.0 Å². The van der Waals surface area contributed by atoms with E-state index in [1.54, 1.807) is 0 Å². The lowest BCUT2D eigenvalue weighted by Gasteiger charge is -2.19. The molecule has 0 saturated carbocycles. The lowest BCUT2D eigenvalue weighted by atomic mass is 9.87. The van der Waals surface area contributed by atoms with Crippen molar-refractivity contribution in [3.8, 4) is 45.3 Å². The molecule has 0 saturated heterocycles. The zero-order chi connectivity index (χ0) is 53.7. The van der Waals surface area contributed by atoms with Crippen LogP contribution in [0, 0.1) is 0 Å². The van der Waals surface area contributed by atoms with Gasteiger partial charge in [-0.25, -0.2) is 4.98 Å². The van der Waals surface area contributed by atoms with Gasteiger partial charge in [-0.1, -0.05) is 166 Å². The first kappa shape index (κ1) is 45.6. The number of hydrogen-bond acceptors (Lipinski definition) is 2. The molecule has 6 heteroatoms. The quantitative estimate of drug-likeness (QED) is 0.167. The maximum atomic E-state index is 6.23. The van der Waals surface area contributed by atoms with Gasteiger partial charge in [0.2, 0.25) is 0 Å². The van der Waals surface area contributed by atoms with Crippen molar-refractivity contribution in [1.29, 1.82) is 0 Å². The molecule has 0 fully saturated rings. The zero-order valence-corrected chi connectivity index (χ0v) is 44.9. The van der Waals surface area contributed by atoms with Gasteiger partial charge in [-0.05, 0) is 126 Å². The molecule has 81 heavy (non-hydrogen) atoms. The van der Waals surface area contributed by atoms with E-state index in [-0.39, 0.29) is 5.41 Å². The molecule has 11 aromatic carbocycles. The first-order chi connectivity index (χ1) is 39.8. The number of aromatic nitrogens is 5. The van der Waals surface area contributed by atoms with Crippen molar-refractivity contribution in [2.45, 2.75) is 26.2 Å². The highest BCUT2D eigenvalue weighted by Gasteiger charge is 2.25. The van der Waals surface area contributed by atoms with Gasteiger partial charge in [-0.15, -0.1) is 0 Å². The summed E-state index contributed by atoms with van der Waals surface area (Å²) < 4.78 is 16.1. The minimum Gasteiger partial charge on any atom is -0.456 e. The van der Waals surface area contributed by atoms with Gasteiger partial charge in [0.05, 0.1) is 49.8 Å². The fourth-order valence-corrected chi connectivity index (χ4v) is 13.4. The van der Waals surface area contributed by atoms with E-state index < -0.39 is 0 Å². The second kappa shape index (κ2) is 17.0. The van der Waals surface area contributed by atoms with Crippen molar-refractivity contribution >= 4 is 109 Å². The molecule has 17 rings (SSSR count). The van der Waals surface area contributed by atoms with Crippen LogP contribution in [0.5, 0.6) is 0 Å². The fourth-order valence-electron chi connectivity index (χ4n) is 13.4. The number of pyridine rings is 1. The van der Waals surface area contributed by atoms with Gasteiger partial charge >= 0.3 is 0 Å². The zero-order valence-electron chi connectivity index (χ0n) is 44.9. The first-order valence-electron chi connectivity index (χ1n) is 27.9. The van der Waals surface area contributed by atoms with Crippen molar-refractivity contribution in [2.24, 2.45) is 0 Å². The summed E-state index contributed by atoms with van der Waals surface area (Å²) in [5.41, 5.74) is 19.9. The van der Waals surface area contributed by atoms with Gasteiger partial charge in [-0.3, -0.25) is 4.57 Å². The van der Waals surface area contributed by atoms with E-state index in [1.807, 2.05) is 12.1 Å². The number of para-hydroxylation sites is 6. The van der Waals surface area contributed by atoms with Crippen LogP contribution in [0.4, 0.5) is 0 Å². The highest BCUT2D eigenvalue weighted by molar-refractivity contribution is 6.26. The molecule has 0 atom stereocenters. The molecule has 0 N–H and O–H groups in total. The monoisotopic (exact) mass is 1040 g/mol. The van der Waals surface area contributed by atoms with Crippen molar-refractivity contribution in [3.63, 3.8) is 0 Å². The van der Waals surface area contributed by atoms with E-state index in [2.05, 4.69) is 282 Å².